The number of carboxylic acid groups (broad SMARTS) is 1. The van der Waals surface area contributed by atoms with Gasteiger partial charge in [-0.3, -0.25) is 5.32 Å². The van der Waals surface area contributed by atoms with Crippen molar-refractivity contribution in [1.29, 1.82) is 0 Å². The molecule has 0 bridgehead atoms. The third-order valence-electron chi connectivity index (χ3n) is 2.52. The van der Waals surface area contributed by atoms with E-state index in [0.29, 0.717) is 5.13 Å². The van der Waals surface area contributed by atoms with E-state index in [-0.39, 0.29) is 19.8 Å². The number of rotatable bonds is 6. The number of ether oxygens (including phenoxy) is 1. The van der Waals surface area contributed by atoms with Crippen molar-refractivity contribution in [3.05, 3.63) is 23.8 Å². The van der Waals surface area contributed by atoms with Crippen LogP contribution in [-0.4, -0.2) is 41.8 Å². The molecule has 0 radical (unpaired) electrons. The van der Waals surface area contributed by atoms with E-state index in [1.807, 2.05) is 25.1 Å². The molecule has 8 heteroatoms. The molecular weight excluding hydrogens is 294 g/mol. The lowest BCUT2D eigenvalue weighted by Crippen LogP contribution is -2.31. The van der Waals surface area contributed by atoms with Gasteiger partial charge in [0.2, 0.25) is 0 Å². The monoisotopic (exact) mass is 309 g/mol. The highest BCUT2D eigenvalue weighted by Gasteiger charge is 2.07. The summed E-state index contributed by atoms with van der Waals surface area (Å²) >= 11 is 1.40. The van der Waals surface area contributed by atoms with Crippen molar-refractivity contribution in [2.45, 2.75) is 6.92 Å². The molecule has 3 N–H and O–H groups in total. The van der Waals surface area contributed by atoms with E-state index in [2.05, 4.69) is 15.6 Å². The van der Waals surface area contributed by atoms with E-state index in [4.69, 9.17) is 9.84 Å². The molecule has 0 fully saturated rings. The summed E-state index contributed by atoms with van der Waals surface area (Å²) in [6.07, 6.45) is 0. The Bertz CT molecular complexity index is 656. The Morgan fingerprint density at radius 2 is 2.24 bits per heavy atom. The van der Waals surface area contributed by atoms with Crippen molar-refractivity contribution in [2.24, 2.45) is 0 Å². The van der Waals surface area contributed by atoms with Crippen molar-refractivity contribution in [3.8, 4) is 0 Å². The Morgan fingerprint density at radius 3 is 3.00 bits per heavy atom. The highest BCUT2D eigenvalue weighted by molar-refractivity contribution is 7.22. The van der Waals surface area contributed by atoms with E-state index >= 15 is 0 Å². The lowest BCUT2D eigenvalue weighted by Gasteiger charge is -2.04. The fourth-order valence-electron chi connectivity index (χ4n) is 1.62. The molecule has 0 saturated heterocycles. The average molecular weight is 309 g/mol. The molecule has 1 aromatic carbocycles. The first-order chi connectivity index (χ1) is 10.0. The summed E-state index contributed by atoms with van der Waals surface area (Å²) in [5.74, 6) is -1.04. The van der Waals surface area contributed by atoms with Gasteiger partial charge in [-0.1, -0.05) is 17.4 Å². The second-order valence-electron chi connectivity index (χ2n) is 4.32. The predicted octanol–water partition coefficient (Wildman–Crippen LogP) is 1.83. The number of nitrogens with zero attached hydrogens (tertiary/aromatic N) is 1. The molecule has 0 atom stereocenters. The Balaban J connectivity index is 1.80. The summed E-state index contributed by atoms with van der Waals surface area (Å²) in [4.78, 5) is 26.1. The minimum absolute atomic E-state index is 0.138. The van der Waals surface area contributed by atoms with Gasteiger partial charge >= 0.3 is 12.0 Å². The second-order valence-corrected chi connectivity index (χ2v) is 5.35. The molecule has 1 heterocycles. The first kappa shape index (κ1) is 15.2. The zero-order chi connectivity index (χ0) is 15.2. The standard InChI is InChI=1S/C13H15N3O4S/c1-8-2-3-9-10(6-8)21-13(15-9)16-12(19)14-4-5-20-7-11(17)18/h2-3,6H,4-5,7H2,1H3,(H,17,18)(H2,14,15,16,19). The van der Waals surface area contributed by atoms with Crippen LogP contribution in [0.3, 0.4) is 0 Å². The van der Waals surface area contributed by atoms with Gasteiger partial charge in [-0.05, 0) is 24.6 Å². The van der Waals surface area contributed by atoms with Gasteiger partial charge in [0.05, 0.1) is 16.8 Å². The van der Waals surface area contributed by atoms with Gasteiger partial charge in [0.1, 0.15) is 6.61 Å². The largest absolute Gasteiger partial charge is 0.480 e. The number of nitrogens with one attached hydrogen (secondary N) is 2. The van der Waals surface area contributed by atoms with Crippen molar-refractivity contribution in [2.75, 3.05) is 25.1 Å². The number of aryl methyl sites for hydroxylation is 1. The number of benzene rings is 1. The number of hydrogen-bond acceptors (Lipinski definition) is 5. The maximum absolute atomic E-state index is 11.6. The number of carboxylic acids is 1. The van der Waals surface area contributed by atoms with Crippen molar-refractivity contribution >= 4 is 38.7 Å². The van der Waals surface area contributed by atoms with Crippen LogP contribution in [0.1, 0.15) is 5.56 Å². The highest BCUT2D eigenvalue weighted by atomic mass is 32.1. The van der Waals surface area contributed by atoms with Gasteiger partial charge in [-0.15, -0.1) is 0 Å². The van der Waals surface area contributed by atoms with Crippen molar-refractivity contribution in [3.63, 3.8) is 0 Å². The maximum atomic E-state index is 11.6. The van der Waals surface area contributed by atoms with E-state index in [0.717, 1.165) is 15.8 Å². The molecule has 0 saturated carbocycles. The molecule has 2 amide bonds. The van der Waals surface area contributed by atoms with Gasteiger partial charge in [0, 0.05) is 6.54 Å². The molecule has 0 aliphatic heterocycles. The molecule has 21 heavy (non-hydrogen) atoms. The average Bonchev–Trinajstić information content (AvgIpc) is 2.79. The fraction of sp³-hybridized carbons (Fsp3) is 0.308. The molecule has 7 nitrogen and oxygen atoms in total. The number of aliphatic carboxylic acids is 1. The van der Waals surface area contributed by atoms with Gasteiger partial charge in [-0.25, -0.2) is 14.6 Å². The number of hydrogen-bond donors (Lipinski definition) is 3. The molecular formula is C13H15N3O4S. The first-order valence-corrected chi connectivity index (χ1v) is 7.08. The summed E-state index contributed by atoms with van der Waals surface area (Å²) in [6, 6.07) is 5.48. The minimum atomic E-state index is -1.04. The van der Waals surface area contributed by atoms with Gasteiger partial charge in [0.25, 0.3) is 0 Å². The number of amides is 2. The third kappa shape index (κ3) is 4.69. The van der Waals surface area contributed by atoms with Crippen LogP contribution >= 0.6 is 11.3 Å². The van der Waals surface area contributed by atoms with E-state index in [1.165, 1.54) is 11.3 Å². The van der Waals surface area contributed by atoms with Gasteiger partial charge in [0.15, 0.2) is 5.13 Å². The van der Waals surface area contributed by atoms with E-state index in [1.54, 1.807) is 0 Å². The number of anilines is 1. The summed E-state index contributed by atoms with van der Waals surface area (Å²) < 4.78 is 5.81. The van der Waals surface area contributed by atoms with Crippen LogP contribution in [0, 0.1) is 6.92 Å². The summed E-state index contributed by atoms with van der Waals surface area (Å²) in [6.45, 7) is 1.98. The molecule has 0 unspecified atom stereocenters. The SMILES string of the molecule is Cc1ccc2nc(NC(=O)NCCOCC(=O)O)sc2c1. The number of fused-ring (bicyclic) bond motifs is 1. The Hall–Kier alpha value is -2.19. The molecule has 0 aliphatic rings. The van der Waals surface area contributed by atoms with E-state index < -0.39 is 12.0 Å². The number of aromatic nitrogens is 1. The van der Waals surface area contributed by atoms with Crippen LogP contribution in [0.2, 0.25) is 0 Å². The third-order valence-corrected chi connectivity index (χ3v) is 3.46. The van der Waals surface area contributed by atoms with E-state index in [9.17, 15) is 9.59 Å². The van der Waals surface area contributed by atoms with Gasteiger partial charge in [-0.2, -0.15) is 0 Å². The Morgan fingerprint density at radius 1 is 1.43 bits per heavy atom. The number of urea groups is 1. The highest BCUT2D eigenvalue weighted by Crippen LogP contribution is 2.26. The topological polar surface area (TPSA) is 101 Å². The molecule has 0 spiro atoms. The number of carbonyl (C=O) groups is 2. The zero-order valence-corrected chi connectivity index (χ0v) is 12.2. The molecule has 1 aromatic heterocycles. The Labute approximate surface area is 124 Å². The van der Waals surface area contributed by atoms with Crippen molar-refractivity contribution < 1.29 is 19.4 Å². The van der Waals surface area contributed by atoms with Crippen LogP contribution in [-0.2, 0) is 9.53 Å². The van der Waals surface area contributed by atoms with Crippen LogP contribution in [0.4, 0.5) is 9.93 Å². The quantitative estimate of drug-likeness (QED) is 0.707. The van der Waals surface area contributed by atoms with Gasteiger partial charge < -0.3 is 15.2 Å². The second kappa shape index (κ2) is 7.00. The Kier molecular flexibility index (Phi) is 5.07. The molecule has 0 aliphatic carbocycles. The molecule has 2 aromatic rings. The van der Waals surface area contributed by atoms with Crippen LogP contribution in [0.5, 0.6) is 0 Å². The molecule has 2 rings (SSSR count). The minimum Gasteiger partial charge on any atom is -0.480 e. The zero-order valence-electron chi connectivity index (χ0n) is 11.4. The summed E-state index contributed by atoms with van der Waals surface area (Å²) in [7, 11) is 0. The maximum Gasteiger partial charge on any atom is 0.329 e. The predicted molar refractivity (Wildman–Crippen MR) is 79.8 cm³/mol. The first-order valence-electron chi connectivity index (χ1n) is 6.26. The smallest absolute Gasteiger partial charge is 0.329 e. The van der Waals surface area contributed by atoms with Crippen LogP contribution in [0.25, 0.3) is 10.2 Å². The molecule has 112 valence electrons. The van der Waals surface area contributed by atoms with Crippen LogP contribution in [0.15, 0.2) is 18.2 Å². The summed E-state index contributed by atoms with van der Waals surface area (Å²) in [5, 5.41) is 14.1. The summed E-state index contributed by atoms with van der Waals surface area (Å²) in [5.41, 5.74) is 1.98. The number of thiazole rings is 1. The fourth-order valence-corrected chi connectivity index (χ4v) is 2.58. The van der Waals surface area contributed by atoms with Crippen LogP contribution < -0.4 is 10.6 Å². The normalized spacial score (nSPS) is 10.5. The number of carbonyl (C=O) groups excluding carboxylic acids is 1. The lowest BCUT2D eigenvalue weighted by molar-refractivity contribution is -0.142. The lowest BCUT2D eigenvalue weighted by atomic mass is 10.2. The van der Waals surface area contributed by atoms with Crippen molar-refractivity contribution in [1.82, 2.24) is 10.3 Å².